The number of hydrogen-bond donors (Lipinski definition) is 2. The molecule has 24 heavy (non-hydrogen) atoms. The minimum atomic E-state index is -0.147. The number of aromatic nitrogens is 4. The number of nitrogens with zero attached hydrogens (tertiary/aromatic N) is 4. The van der Waals surface area contributed by atoms with Crippen molar-refractivity contribution in [3.63, 3.8) is 0 Å². The highest BCUT2D eigenvalue weighted by molar-refractivity contribution is 7.22. The first-order valence-electron chi connectivity index (χ1n) is 7.47. The number of ether oxygens (including phenoxy) is 1. The van der Waals surface area contributed by atoms with Crippen LogP contribution in [0.15, 0.2) is 24.5 Å². The Hall–Kier alpha value is -2.52. The Morgan fingerprint density at radius 3 is 3.17 bits per heavy atom. The number of rotatable bonds is 7. The van der Waals surface area contributed by atoms with Crippen LogP contribution in [0.5, 0.6) is 0 Å². The van der Waals surface area contributed by atoms with Crippen molar-refractivity contribution in [2.24, 2.45) is 0 Å². The third-order valence-electron chi connectivity index (χ3n) is 3.53. The monoisotopic (exact) mass is 346 g/mol. The maximum Gasteiger partial charge on any atom is 0.251 e. The van der Waals surface area contributed by atoms with Gasteiger partial charge in [0.15, 0.2) is 5.13 Å². The van der Waals surface area contributed by atoms with Gasteiger partial charge in [0.25, 0.3) is 5.91 Å². The van der Waals surface area contributed by atoms with Gasteiger partial charge in [0.2, 0.25) is 0 Å². The predicted octanol–water partition coefficient (Wildman–Crippen LogP) is 1.09. The lowest BCUT2D eigenvalue weighted by Gasteiger charge is -2.07. The summed E-state index contributed by atoms with van der Waals surface area (Å²) in [5.41, 5.74) is 6.99. The van der Waals surface area contributed by atoms with Crippen molar-refractivity contribution in [3.05, 3.63) is 35.9 Å². The quantitative estimate of drug-likeness (QED) is 0.663. The molecule has 0 aliphatic carbocycles. The summed E-state index contributed by atoms with van der Waals surface area (Å²) in [7, 11) is 1.65. The summed E-state index contributed by atoms with van der Waals surface area (Å²) in [6, 6.07) is 5.38. The number of fused-ring (bicyclic) bond motifs is 1. The fourth-order valence-electron chi connectivity index (χ4n) is 2.33. The summed E-state index contributed by atoms with van der Waals surface area (Å²) < 4.78 is 7.93. The number of nitrogen functional groups attached to an aromatic ring is 1. The maximum atomic E-state index is 12.3. The largest absolute Gasteiger partial charge is 0.383 e. The molecule has 8 nitrogen and oxygen atoms in total. The molecule has 0 aliphatic heterocycles. The lowest BCUT2D eigenvalue weighted by molar-refractivity contribution is 0.0954. The minimum absolute atomic E-state index is 0.147. The van der Waals surface area contributed by atoms with Crippen LogP contribution in [0.3, 0.4) is 0 Å². The molecule has 2 aromatic heterocycles. The third-order valence-corrected chi connectivity index (χ3v) is 4.40. The van der Waals surface area contributed by atoms with Gasteiger partial charge in [0.05, 0.1) is 16.8 Å². The Balaban J connectivity index is 1.57. The van der Waals surface area contributed by atoms with Crippen molar-refractivity contribution >= 4 is 32.6 Å². The summed E-state index contributed by atoms with van der Waals surface area (Å²) in [6.07, 6.45) is 2.26. The van der Waals surface area contributed by atoms with Gasteiger partial charge in [-0.05, 0) is 18.2 Å². The van der Waals surface area contributed by atoms with Gasteiger partial charge < -0.3 is 20.4 Å². The van der Waals surface area contributed by atoms with Crippen LogP contribution in [0.25, 0.3) is 10.2 Å². The van der Waals surface area contributed by atoms with Crippen LogP contribution in [0.1, 0.15) is 16.2 Å². The average Bonchev–Trinajstić information content (AvgIpc) is 3.17. The van der Waals surface area contributed by atoms with E-state index in [4.69, 9.17) is 10.5 Å². The molecule has 3 rings (SSSR count). The first-order chi connectivity index (χ1) is 11.7. The van der Waals surface area contributed by atoms with E-state index in [1.165, 1.54) is 11.3 Å². The first kappa shape index (κ1) is 16.3. The minimum Gasteiger partial charge on any atom is -0.383 e. The molecule has 126 valence electrons. The topological polar surface area (TPSA) is 108 Å². The molecule has 1 aromatic carbocycles. The van der Waals surface area contributed by atoms with Gasteiger partial charge in [0, 0.05) is 32.2 Å². The second-order valence-corrected chi connectivity index (χ2v) is 6.24. The van der Waals surface area contributed by atoms with Crippen LogP contribution >= 0.6 is 11.3 Å². The molecule has 0 aliphatic rings. The molecule has 0 unspecified atom stereocenters. The van der Waals surface area contributed by atoms with Gasteiger partial charge in [-0.3, -0.25) is 4.79 Å². The first-order valence-corrected chi connectivity index (χ1v) is 8.29. The Morgan fingerprint density at radius 1 is 1.46 bits per heavy atom. The Bertz CT molecular complexity index is 843. The van der Waals surface area contributed by atoms with Gasteiger partial charge in [-0.25, -0.2) is 4.98 Å². The fourth-order valence-corrected chi connectivity index (χ4v) is 3.04. The number of benzene rings is 1. The molecule has 0 saturated heterocycles. The maximum absolute atomic E-state index is 12.3. The summed E-state index contributed by atoms with van der Waals surface area (Å²) >= 11 is 1.40. The number of thiazole rings is 1. The van der Waals surface area contributed by atoms with E-state index in [-0.39, 0.29) is 5.91 Å². The average molecular weight is 346 g/mol. The summed E-state index contributed by atoms with van der Waals surface area (Å²) in [5, 5.41) is 11.3. The highest BCUT2D eigenvalue weighted by Gasteiger charge is 2.10. The molecule has 0 fully saturated rings. The van der Waals surface area contributed by atoms with E-state index in [1.54, 1.807) is 25.6 Å². The molecule has 0 saturated carbocycles. The number of nitrogens with one attached hydrogen (secondary N) is 1. The van der Waals surface area contributed by atoms with E-state index in [9.17, 15) is 4.79 Å². The van der Waals surface area contributed by atoms with Crippen LogP contribution in [-0.2, 0) is 17.7 Å². The van der Waals surface area contributed by atoms with E-state index in [1.807, 2.05) is 10.6 Å². The molecular weight excluding hydrogens is 328 g/mol. The summed E-state index contributed by atoms with van der Waals surface area (Å²) in [5.74, 6) is 0.668. The zero-order valence-corrected chi connectivity index (χ0v) is 14.0. The molecule has 1 amide bonds. The van der Waals surface area contributed by atoms with E-state index in [0.717, 1.165) is 16.0 Å². The number of amides is 1. The van der Waals surface area contributed by atoms with Gasteiger partial charge >= 0.3 is 0 Å². The molecule has 0 radical (unpaired) electrons. The zero-order valence-electron chi connectivity index (χ0n) is 13.2. The zero-order chi connectivity index (χ0) is 16.9. The van der Waals surface area contributed by atoms with Crippen molar-refractivity contribution in [1.29, 1.82) is 0 Å². The summed E-state index contributed by atoms with van der Waals surface area (Å²) in [6.45, 7) is 1.75. The lowest BCUT2D eigenvalue weighted by atomic mass is 10.2. The second-order valence-electron chi connectivity index (χ2n) is 5.17. The van der Waals surface area contributed by atoms with E-state index in [0.29, 0.717) is 36.8 Å². The van der Waals surface area contributed by atoms with Gasteiger partial charge in [0.1, 0.15) is 12.2 Å². The molecule has 3 N–H and O–H groups in total. The molecule has 3 aromatic rings. The van der Waals surface area contributed by atoms with Crippen LogP contribution in [0.4, 0.5) is 5.13 Å². The SMILES string of the molecule is COCCn1cnnc1CCNC(=O)c1ccc2sc(N)nc2c1. The predicted molar refractivity (Wildman–Crippen MR) is 92.0 cm³/mol. The third kappa shape index (κ3) is 3.69. The van der Waals surface area contributed by atoms with Crippen molar-refractivity contribution in [1.82, 2.24) is 25.1 Å². The molecule has 0 bridgehead atoms. The van der Waals surface area contributed by atoms with Crippen molar-refractivity contribution in [2.45, 2.75) is 13.0 Å². The lowest BCUT2D eigenvalue weighted by Crippen LogP contribution is -2.26. The smallest absolute Gasteiger partial charge is 0.251 e. The van der Waals surface area contributed by atoms with Crippen LogP contribution < -0.4 is 11.1 Å². The van der Waals surface area contributed by atoms with Crippen molar-refractivity contribution < 1.29 is 9.53 Å². The van der Waals surface area contributed by atoms with E-state index in [2.05, 4.69) is 20.5 Å². The number of anilines is 1. The Labute approximate surface area is 142 Å². The molecule has 2 heterocycles. The van der Waals surface area contributed by atoms with Gasteiger partial charge in [-0.15, -0.1) is 10.2 Å². The molecular formula is C15H18N6O2S. The number of hydrogen-bond acceptors (Lipinski definition) is 7. The number of nitrogens with two attached hydrogens (primary N) is 1. The second kappa shape index (κ2) is 7.37. The van der Waals surface area contributed by atoms with E-state index >= 15 is 0 Å². The standard InChI is InChI=1S/C15H18N6O2S/c1-23-7-6-21-9-18-20-13(21)4-5-17-14(22)10-2-3-12-11(8-10)19-15(16)24-12/h2-3,8-9H,4-7H2,1H3,(H2,16,19)(H,17,22). The number of carbonyl (C=O) groups excluding carboxylic acids is 1. The van der Waals surface area contributed by atoms with Crippen LogP contribution in [-0.4, -0.2) is 45.9 Å². The number of carbonyl (C=O) groups is 1. The molecule has 0 spiro atoms. The summed E-state index contributed by atoms with van der Waals surface area (Å²) in [4.78, 5) is 16.5. The fraction of sp³-hybridized carbons (Fsp3) is 0.333. The van der Waals surface area contributed by atoms with Gasteiger partial charge in [-0.1, -0.05) is 11.3 Å². The van der Waals surface area contributed by atoms with E-state index < -0.39 is 0 Å². The molecule has 9 heteroatoms. The Kier molecular flexibility index (Phi) is 5.02. The van der Waals surface area contributed by atoms with Crippen molar-refractivity contribution in [3.8, 4) is 0 Å². The normalized spacial score (nSPS) is 11.0. The highest BCUT2D eigenvalue weighted by atomic mass is 32.1. The van der Waals surface area contributed by atoms with Gasteiger partial charge in [-0.2, -0.15) is 0 Å². The molecule has 0 atom stereocenters. The highest BCUT2D eigenvalue weighted by Crippen LogP contribution is 2.24. The van der Waals surface area contributed by atoms with Crippen LogP contribution in [0, 0.1) is 0 Å². The Morgan fingerprint density at radius 2 is 2.33 bits per heavy atom. The van der Waals surface area contributed by atoms with Crippen molar-refractivity contribution in [2.75, 3.05) is 26.0 Å². The number of methoxy groups -OCH3 is 1. The van der Waals surface area contributed by atoms with Crippen LogP contribution in [0.2, 0.25) is 0 Å².